The first-order chi connectivity index (χ1) is 17.9. The van der Waals surface area contributed by atoms with Crippen molar-refractivity contribution >= 4 is 23.8 Å². The molecule has 0 radical (unpaired) electrons. The van der Waals surface area contributed by atoms with Crippen LogP contribution >= 0.6 is 0 Å². The third-order valence-electron chi connectivity index (χ3n) is 5.28. The summed E-state index contributed by atoms with van der Waals surface area (Å²) in [6.45, 7) is 0.526. The van der Waals surface area contributed by atoms with Gasteiger partial charge in [0.05, 0.1) is 13.1 Å². The highest BCUT2D eigenvalue weighted by molar-refractivity contribution is 5.82. The second-order valence-corrected chi connectivity index (χ2v) is 8.64. The Morgan fingerprint density at radius 3 is 1.84 bits per heavy atom. The first-order valence-corrected chi connectivity index (χ1v) is 13.4. The Labute approximate surface area is 221 Å². The van der Waals surface area contributed by atoms with Gasteiger partial charge in [0.2, 0.25) is 5.91 Å². The van der Waals surface area contributed by atoms with Crippen LogP contribution in [0, 0.1) is 0 Å². The molecule has 0 aliphatic carbocycles. The zero-order valence-corrected chi connectivity index (χ0v) is 22.4. The van der Waals surface area contributed by atoms with Crippen LogP contribution in [0.4, 0.5) is 0 Å². The molecule has 1 amide bonds. The van der Waals surface area contributed by atoms with Crippen molar-refractivity contribution in [1.82, 2.24) is 5.32 Å². The molecule has 10 heteroatoms. The van der Waals surface area contributed by atoms with Gasteiger partial charge in [-0.05, 0) is 38.5 Å². The van der Waals surface area contributed by atoms with Gasteiger partial charge in [0.25, 0.3) is 0 Å². The topological polar surface area (TPSA) is 160 Å². The van der Waals surface area contributed by atoms with Gasteiger partial charge in [-0.25, -0.2) is 0 Å². The fourth-order valence-electron chi connectivity index (χ4n) is 3.19. The Hall–Kier alpha value is -2.72. The van der Waals surface area contributed by atoms with Gasteiger partial charge >= 0.3 is 17.9 Å². The quantitative estimate of drug-likeness (QED) is 0.0788. The molecular weight excluding hydrogens is 478 g/mol. The largest absolute Gasteiger partial charge is 0.461 e. The van der Waals surface area contributed by atoms with Crippen LogP contribution in [0.2, 0.25) is 0 Å². The normalized spacial score (nSPS) is 11.2. The molecule has 212 valence electrons. The molecule has 0 rings (SSSR count). The Morgan fingerprint density at radius 1 is 0.730 bits per heavy atom. The third kappa shape index (κ3) is 23.4. The number of carbonyl (C=O) groups is 4. The van der Waals surface area contributed by atoms with Crippen molar-refractivity contribution in [3.63, 3.8) is 0 Å². The standard InChI is InChI=1S/C27H47N3O7/c1-2-3-4-5-6-7-8-9-10-11-12-13-14-15-16-17-24(31)30-20-27(34)37-23(21-35-25(32)18-28)22-36-26(33)19-29/h6-7,9-10,23H,2-5,8,11-22,28-29H2,1H3,(H,30,31)/b7-6-,10-9-. The Morgan fingerprint density at radius 2 is 1.27 bits per heavy atom. The molecule has 0 unspecified atom stereocenters. The lowest BCUT2D eigenvalue weighted by Crippen LogP contribution is -2.37. The number of allylic oxidation sites excluding steroid dienone is 4. The van der Waals surface area contributed by atoms with Crippen molar-refractivity contribution in [1.29, 1.82) is 0 Å². The molecular formula is C27H47N3O7. The van der Waals surface area contributed by atoms with E-state index < -0.39 is 24.0 Å². The molecule has 0 saturated heterocycles. The second-order valence-electron chi connectivity index (χ2n) is 8.64. The molecule has 0 aromatic carbocycles. The zero-order chi connectivity index (χ0) is 27.6. The van der Waals surface area contributed by atoms with Crippen LogP contribution in [-0.2, 0) is 33.4 Å². The lowest BCUT2D eigenvalue weighted by atomic mass is 10.1. The van der Waals surface area contributed by atoms with Crippen molar-refractivity contribution in [3.8, 4) is 0 Å². The van der Waals surface area contributed by atoms with Gasteiger partial charge in [-0.1, -0.05) is 63.3 Å². The van der Waals surface area contributed by atoms with E-state index in [4.69, 9.17) is 25.7 Å². The van der Waals surface area contributed by atoms with Crippen molar-refractivity contribution in [2.45, 2.75) is 90.1 Å². The van der Waals surface area contributed by atoms with Crippen LogP contribution in [0.25, 0.3) is 0 Å². The van der Waals surface area contributed by atoms with E-state index in [1.807, 2.05) is 0 Å². The lowest BCUT2D eigenvalue weighted by molar-refractivity contribution is -0.165. The van der Waals surface area contributed by atoms with Crippen LogP contribution in [0.15, 0.2) is 24.3 Å². The molecule has 10 nitrogen and oxygen atoms in total. The summed E-state index contributed by atoms with van der Waals surface area (Å²) in [6, 6.07) is 0. The van der Waals surface area contributed by atoms with E-state index in [1.54, 1.807) is 0 Å². The molecule has 0 aliphatic rings. The van der Waals surface area contributed by atoms with Crippen LogP contribution in [0.3, 0.4) is 0 Å². The molecule has 5 N–H and O–H groups in total. The summed E-state index contributed by atoms with van der Waals surface area (Å²) < 4.78 is 14.8. The number of hydrogen-bond donors (Lipinski definition) is 3. The minimum absolute atomic E-state index is 0.247. The summed E-state index contributed by atoms with van der Waals surface area (Å²) in [5.74, 6) is -2.39. The zero-order valence-electron chi connectivity index (χ0n) is 22.4. The number of nitrogens with two attached hydrogens (primary N) is 2. The van der Waals surface area contributed by atoms with Crippen LogP contribution < -0.4 is 16.8 Å². The summed E-state index contributed by atoms with van der Waals surface area (Å²) >= 11 is 0. The van der Waals surface area contributed by atoms with Gasteiger partial charge in [-0.15, -0.1) is 0 Å². The van der Waals surface area contributed by atoms with Gasteiger partial charge in [0.15, 0.2) is 6.10 Å². The number of amides is 1. The molecule has 0 fully saturated rings. The summed E-state index contributed by atoms with van der Waals surface area (Å²) in [5, 5.41) is 2.51. The van der Waals surface area contributed by atoms with Crippen molar-refractivity contribution < 1.29 is 33.4 Å². The summed E-state index contributed by atoms with van der Waals surface area (Å²) in [7, 11) is 0. The van der Waals surface area contributed by atoms with Crippen molar-refractivity contribution in [2.75, 3.05) is 32.8 Å². The number of ether oxygens (including phenoxy) is 3. The predicted molar refractivity (Wildman–Crippen MR) is 142 cm³/mol. The fourth-order valence-corrected chi connectivity index (χ4v) is 3.19. The highest BCUT2D eigenvalue weighted by Crippen LogP contribution is 2.08. The van der Waals surface area contributed by atoms with Gasteiger partial charge in [-0.2, -0.15) is 0 Å². The molecule has 0 bridgehead atoms. The minimum Gasteiger partial charge on any atom is -0.461 e. The number of nitrogens with one attached hydrogen (secondary N) is 1. The maximum absolute atomic E-state index is 12.0. The Kier molecular flexibility index (Phi) is 23.1. The Balaban J connectivity index is 3.89. The smallest absolute Gasteiger partial charge is 0.325 e. The Bertz CT molecular complexity index is 675. The van der Waals surface area contributed by atoms with E-state index >= 15 is 0 Å². The average molecular weight is 526 g/mol. The first kappa shape index (κ1) is 34.3. The van der Waals surface area contributed by atoms with E-state index in [0.29, 0.717) is 6.42 Å². The number of unbranched alkanes of at least 4 members (excludes halogenated alkanes) is 8. The third-order valence-corrected chi connectivity index (χ3v) is 5.28. The molecule has 0 atom stereocenters. The van der Waals surface area contributed by atoms with Gasteiger partial charge in [0.1, 0.15) is 19.8 Å². The molecule has 37 heavy (non-hydrogen) atoms. The van der Waals surface area contributed by atoms with Crippen molar-refractivity contribution in [2.24, 2.45) is 11.5 Å². The number of esters is 3. The van der Waals surface area contributed by atoms with Crippen LogP contribution in [0.1, 0.15) is 84.0 Å². The first-order valence-electron chi connectivity index (χ1n) is 13.4. The second kappa shape index (κ2) is 25.0. The van der Waals surface area contributed by atoms with Crippen molar-refractivity contribution in [3.05, 3.63) is 24.3 Å². The molecule has 0 aromatic rings. The molecule has 0 heterocycles. The number of hydrogen-bond acceptors (Lipinski definition) is 9. The molecule has 0 aliphatic heterocycles. The van der Waals surface area contributed by atoms with Crippen LogP contribution in [0.5, 0.6) is 0 Å². The van der Waals surface area contributed by atoms with E-state index in [9.17, 15) is 19.2 Å². The maximum atomic E-state index is 12.0. The molecule has 0 saturated carbocycles. The van der Waals surface area contributed by atoms with E-state index in [0.717, 1.165) is 44.9 Å². The van der Waals surface area contributed by atoms with Gasteiger partial charge < -0.3 is 31.0 Å². The average Bonchev–Trinajstić information content (AvgIpc) is 2.90. The van der Waals surface area contributed by atoms with E-state index in [-0.39, 0.29) is 38.8 Å². The minimum atomic E-state index is -1.03. The number of rotatable bonds is 23. The number of carbonyl (C=O) groups excluding carboxylic acids is 4. The summed E-state index contributed by atoms with van der Waals surface area (Å²) in [4.78, 5) is 46.4. The van der Waals surface area contributed by atoms with E-state index in [2.05, 4.69) is 36.5 Å². The van der Waals surface area contributed by atoms with Crippen LogP contribution in [-0.4, -0.2) is 62.8 Å². The maximum Gasteiger partial charge on any atom is 0.325 e. The highest BCUT2D eigenvalue weighted by Gasteiger charge is 2.19. The fraction of sp³-hybridized carbons (Fsp3) is 0.704. The summed E-state index contributed by atoms with van der Waals surface area (Å²) in [5.41, 5.74) is 10.3. The molecule has 0 aromatic heterocycles. The lowest BCUT2D eigenvalue weighted by Gasteiger charge is -2.18. The highest BCUT2D eigenvalue weighted by atomic mass is 16.6. The summed E-state index contributed by atoms with van der Waals surface area (Å²) in [6.07, 6.45) is 20.3. The van der Waals surface area contributed by atoms with Gasteiger partial charge in [0, 0.05) is 6.42 Å². The molecule has 0 spiro atoms. The van der Waals surface area contributed by atoms with Gasteiger partial charge in [-0.3, -0.25) is 19.2 Å². The monoisotopic (exact) mass is 525 g/mol. The van der Waals surface area contributed by atoms with E-state index in [1.165, 1.54) is 25.7 Å². The predicted octanol–water partition coefficient (Wildman–Crippen LogP) is 2.83. The SMILES string of the molecule is CCCCC/C=C\C/C=C\CCCCCCCC(=O)NCC(=O)OC(COC(=O)CN)COC(=O)CN.